The van der Waals surface area contributed by atoms with Crippen molar-refractivity contribution in [3.8, 4) is 5.75 Å². The van der Waals surface area contributed by atoms with E-state index in [9.17, 15) is 13.2 Å². The molecule has 1 aliphatic rings. The third kappa shape index (κ3) is 5.27. The normalized spacial score (nSPS) is 16.6. The Morgan fingerprint density at radius 2 is 2.00 bits per heavy atom. The fourth-order valence-corrected chi connectivity index (χ4v) is 4.22. The van der Waals surface area contributed by atoms with Crippen molar-refractivity contribution < 1.29 is 22.7 Å². The van der Waals surface area contributed by atoms with Crippen LogP contribution in [0.5, 0.6) is 5.75 Å². The summed E-state index contributed by atoms with van der Waals surface area (Å²) in [4.78, 5) is 12.6. The summed E-state index contributed by atoms with van der Waals surface area (Å²) in [5, 5.41) is 3.29. The highest BCUT2D eigenvalue weighted by atomic mass is 35.5. The predicted molar refractivity (Wildman–Crippen MR) is 111 cm³/mol. The van der Waals surface area contributed by atoms with Gasteiger partial charge in [0.2, 0.25) is 10.0 Å². The van der Waals surface area contributed by atoms with Gasteiger partial charge in [-0.3, -0.25) is 4.79 Å². The van der Waals surface area contributed by atoms with Gasteiger partial charge < -0.3 is 14.8 Å². The number of nitrogens with one attached hydrogen (secondary N) is 2. The van der Waals surface area contributed by atoms with E-state index in [1.54, 1.807) is 12.1 Å². The van der Waals surface area contributed by atoms with E-state index in [-0.39, 0.29) is 23.5 Å². The second-order valence-corrected chi connectivity index (χ2v) is 8.94. The SMILES string of the molecule is COc1cc(Cl)c(C)cc1NC(=O)c1ccc(S(=O)(=O)NCC2CCCO2)cc1. The number of amides is 1. The molecular weight excluding hydrogens is 416 g/mol. The maximum atomic E-state index is 12.6. The number of rotatable bonds is 7. The molecule has 0 aromatic heterocycles. The third-order valence-corrected chi connectivity index (χ3v) is 6.53. The molecule has 3 rings (SSSR count). The molecule has 1 saturated heterocycles. The number of halogens is 1. The van der Waals surface area contributed by atoms with Gasteiger partial charge in [-0.15, -0.1) is 0 Å². The van der Waals surface area contributed by atoms with E-state index >= 15 is 0 Å². The maximum absolute atomic E-state index is 12.6. The lowest BCUT2D eigenvalue weighted by Gasteiger charge is -2.13. The molecule has 0 bridgehead atoms. The van der Waals surface area contributed by atoms with Crippen molar-refractivity contribution in [1.29, 1.82) is 0 Å². The Morgan fingerprint density at radius 1 is 1.28 bits per heavy atom. The van der Waals surface area contributed by atoms with Crippen molar-refractivity contribution >= 4 is 33.2 Å². The Labute approximate surface area is 175 Å². The molecule has 1 aliphatic heterocycles. The molecule has 9 heteroatoms. The molecule has 2 aromatic rings. The van der Waals surface area contributed by atoms with Gasteiger partial charge in [0.1, 0.15) is 5.75 Å². The summed E-state index contributed by atoms with van der Waals surface area (Å²) in [6.45, 7) is 2.72. The van der Waals surface area contributed by atoms with E-state index < -0.39 is 10.0 Å². The minimum Gasteiger partial charge on any atom is -0.495 e. The first-order valence-corrected chi connectivity index (χ1v) is 11.0. The van der Waals surface area contributed by atoms with Crippen LogP contribution in [0.25, 0.3) is 0 Å². The first-order chi connectivity index (χ1) is 13.8. The molecule has 29 heavy (non-hydrogen) atoms. The van der Waals surface area contributed by atoms with Crippen molar-refractivity contribution in [3.63, 3.8) is 0 Å². The summed E-state index contributed by atoms with van der Waals surface area (Å²) < 4.78 is 38.1. The highest BCUT2D eigenvalue weighted by molar-refractivity contribution is 7.89. The van der Waals surface area contributed by atoms with Gasteiger partial charge in [0, 0.05) is 29.8 Å². The van der Waals surface area contributed by atoms with E-state index in [2.05, 4.69) is 10.0 Å². The lowest BCUT2D eigenvalue weighted by atomic mass is 10.1. The van der Waals surface area contributed by atoms with Gasteiger partial charge >= 0.3 is 0 Å². The lowest BCUT2D eigenvalue weighted by Crippen LogP contribution is -2.31. The van der Waals surface area contributed by atoms with E-state index in [0.29, 0.717) is 28.6 Å². The van der Waals surface area contributed by atoms with Crippen LogP contribution in [0.3, 0.4) is 0 Å². The number of ether oxygens (including phenoxy) is 2. The number of benzene rings is 2. The molecule has 0 radical (unpaired) electrons. The minimum absolute atomic E-state index is 0.0898. The fraction of sp³-hybridized carbons (Fsp3) is 0.350. The van der Waals surface area contributed by atoms with Crippen molar-refractivity contribution in [2.24, 2.45) is 0 Å². The zero-order chi connectivity index (χ0) is 21.0. The standard InChI is InChI=1S/C20H23ClN2O5S/c1-13-10-18(19(27-2)11-17(13)21)23-20(24)14-5-7-16(8-6-14)29(25,26)22-12-15-4-3-9-28-15/h5-8,10-11,15,22H,3-4,9,12H2,1-2H3,(H,23,24). The molecule has 0 saturated carbocycles. The molecule has 7 nitrogen and oxygen atoms in total. The summed E-state index contributed by atoms with van der Waals surface area (Å²) in [7, 11) is -2.18. The Morgan fingerprint density at radius 3 is 2.62 bits per heavy atom. The van der Waals surface area contributed by atoms with Gasteiger partial charge in [0.25, 0.3) is 5.91 Å². The van der Waals surface area contributed by atoms with Gasteiger partial charge in [-0.1, -0.05) is 11.6 Å². The van der Waals surface area contributed by atoms with Gasteiger partial charge in [0.05, 0.1) is 23.8 Å². The number of aryl methyl sites for hydroxylation is 1. The molecule has 0 aliphatic carbocycles. The molecule has 1 amide bonds. The number of carbonyl (C=O) groups excluding carboxylic acids is 1. The largest absolute Gasteiger partial charge is 0.495 e. The number of anilines is 1. The van der Waals surface area contributed by atoms with Gasteiger partial charge in [-0.05, 0) is 55.7 Å². The number of methoxy groups -OCH3 is 1. The molecular formula is C20H23ClN2O5S. The first-order valence-electron chi connectivity index (χ1n) is 9.17. The second kappa shape index (κ2) is 9.13. The summed E-state index contributed by atoms with van der Waals surface area (Å²) in [5.74, 6) is 0.0489. The molecule has 1 fully saturated rings. The smallest absolute Gasteiger partial charge is 0.255 e. The average Bonchev–Trinajstić information content (AvgIpc) is 3.23. The summed E-state index contributed by atoms with van der Waals surface area (Å²) >= 11 is 6.08. The Balaban J connectivity index is 1.69. The topological polar surface area (TPSA) is 93.7 Å². The van der Waals surface area contributed by atoms with Crippen LogP contribution in [0, 0.1) is 6.92 Å². The maximum Gasteiger partial charge on any atom is 0.255 e. The zero-order valence-corrected chi connectivity index (χ0v) is 17.8. The van der Waals surface area contributed by atoms with Gasteiger partial charge in [-0.2, -0.15) is 0 Å². The van der Waals surface area contributed by atoms with Crippen LogP contribution in [0.2, 0.25) is 5.02 Å². The van der Waals surface area contributed by atoms with Gasteiger partial charge in [0.15, 0.2) is 0 Å². The number of hydrogen-bond donors (Lipinski definition) is 2. The highest BCUT2D eigenvalue weighted by Gasteiger charge is 2.20. The van der Waals surface area contributed by atoms with Crippen molar-refractivity contribution in [2.75, 3.05) is 25.6 Å². The first kappa shape index (κ1) is 21.6. The summed E-state index contributed by atoms with van der Waals surface area (Å²) in [6.07, 6.45) is 1.69. The number of hydrogen-bond acceptors (Lipinski definition) is 5. The highest BCUT2D eigenvalue weighted by Crippen LogP contribution is 2.31. The predicted octanol–water partition coefficient (Wildman–Crippen LogP) is 3.37. The quantitative estimate of drug-likeness (QED) is 0.691. The van der Waals surface area contributed by atoms with Crippen LogP contribution in [-0.4, -0.2) is 40.7 Å². The molecule has 2 aromatic carbocycles. The van der Waals surface area contributed by atoms with Crippen LogP contribution >= 0.6 is 11.6 Å². The number of carbonyl (C=O) groups is 1. The number of sulfonamides is 1. The summed E-state index contributed by atoms with van der Waals surface area (Å²) in [5.41, 5.74) is 1.59. The van der Waals surface area contributed by atoms with Crippen LogP contribution in [0.1, 0.15) is 28.8 Å². The van der Waals surface area contributed by atoms with Crippen molar-refractivity contribution in [2.45, 2.75) is 30.8 Å². The summed E-state index contributed by atoms with van der Waals surface area (Å²) in [6, 6.07) is 9.07. The second-order valence-electron chi connectivity index (χ2n) is 6.77. The third-order valence-electron chi connectivity index (χ3n) is 4.68. The average molecular weight is 439 g/mol. The molecule has 1 heterocycles. The van der Waals surface area contributed by atoms with Crippen LogP contribution in [0.4, 0.5) is 5.69 Å². The fourth-order valence-electron chi connectivity index (χ4n) is 3.00. The van der Waals surface area contributed by atoms with Crippen LogP contribution in [-0.2, 0) is 14.8 Å². The monoisotopic (exact) mass is 438 g/mol. The van der Waals surface area contributed by atoms with Crippen molar-refractivity contribution in [1.82, 2.24) is 4.72 Å². The minimum atomic E-state index is -3.67. The molecule has 2 N–H and O–H groups in total. The van der Waals surface area contributed by atoms with Crippen molar-refractivity contribution in [3.05, 3.63) is 52.5 Å². The van der Waals surface area contributed by atoms with E-state index in [4.69, 9.17) is 21.1 Å². The van der Waals surface area contributed by atoms with E-state index in [0.717, 1.165) is 18.4 Å². The lowest BCUT2D eigenvalue weighted by molar-refractivity contribution is 0.102. The van der Waals surface area contributed by atoms with E-state index in [1.807, 2.05) is 6.92 Å². The molecule has 1 atom stereocenters. The van der Waals surface area contributed by atoms with Gasteiger partial charge in [-0.25, -0.2) is 13.1 Å². The molecule has 156 valence electrons. The van der Waals surface area contributed by atoms with Crippen LogP contribution < -0.4 is 14.8 Å². The zero-order valence-electron chi connectivity index (χ0n) is 16.2. The Kier molecular flexibility index (Phi) is 6.79. The Bertz CT molecular complexity index is 987. The van der Waals surface area contributed by atoms with E-state index in [1.165, 1.54) is 31.4 Å². The molecule has 0 spiro atoms. The Hall–Kier alpha value is -2.13. The van der Waals surface area contributed by atoms with Crippen LogP contribution in [0.15, 0.2) is 41.3 Å². The molecule has 1 unspecified atom stereocenters.